The molecule has 24 heavy (non-hydrogen) atoms. The van der Waals surface area contributed by atoms with Gasteiger partial charge in [-0.2, -0.15) is 11.8 Å². The van der Waals surface area contributed by atoms with Crippen LogP contribution in [-0.2, 0) is 6.54 Å². The van der Waals surface area contributed by atoms with Gasteiger partial charge in [0.2, 0.25) is 0 Å². The Morgan fingerprint density at radius 2 is 2.04 bits per heavy atom. The lowest BCUT2D eigenvalue weighted by atomic mass is 10.2. The van der Waals surface area contributed by atoms with E-state index in [1.807, 2.05) is 38.0 Å². The molecule has 136 valence electrons. The summed E-state index contributed by atoms with van der Waals surface area (Å²) in [4.78, 5) is 6.39. The number of ether oxygens (including phenoxy) is 1. The van der Waals surface area contributed by atoms with Gasteiger partial charge in [0.1, 0.15) is 12.4 Å². The molecule has 0 bridgehead atoms. The van der Waals surface area contributed by atoms with Crippen molar-refractivity contribution in [2.24, 2.45) is 4.99 Å². The van der Waals surface area contributed by atoms with Crippen LogP contribution in [0, 0.1) is 0 Å². The maximum atomic E-state index is 5.78. The van der Waals surface area contributed by atoms with Gasteiger partial charge in [-0.05, 0) is 51.9 Å². The van der Waals surface area contributed by atoms with Gasteiger partial charge in [-0.1, -0.05) is 12.1 Å². The Balaban J connectivity index is 2.47. The standard InChI is InChI=1S/C18H32N4OS/c1-18(2,24-6)14-21-17(19-3)20-13-15-8-7-9-16(12-15)23-11-10-22(4)5/h7-9,12H,10-11,13-14H2,1-6H3,(H2,19,20,21). The zero-order valence-electron chi connectivity index (χ0n) is 15.8. The highest BCUT2D eigenvalue weighted by molar-refractivity contribution is 7.99. The fourth-order valence-electron chi connectivity index (χ4n) is 1.87. The number of hydrogen-bond donors (Lipinski definition) is 2. The van der Waals surface area contributed by atoms with Gasteiger partial charge in [-0.15, -0.1) is 0 Å². The Morgan fingerprint density at radius 3 is 2.67 bits per heavy atom. The fourth-order valence-corrected chi connectivity index (χ4v) is 2.08. The molecule has 0 aliphatic carbocycles. The van der Waals surface area contributed by atoms with E-state index >= 15 is 0 Å². The van der Waals surface area contributed by atoms with Gasteiger partial charge in [0.05, 0.1) is 0 Å². The SMILES string of the molecule is CN=C(NCc1cccc(OCCN(C)C)c1)NCC(C)(C)SC. The van der Waals surface area contributed by atoms with Crippen LogP contribution in [0.25, 0.3) is 0 Å². The number of benzene rings is 1. The van der Waals surface area contributed by atoms with E-state index < -0.39 is 0 Å². The molecule has 0 aromatic heterocycles. The van der Waals surface area contributed by atoms with Gasteiger partial charge in [0, 0.05) is 31.4 Å². The molecule has 0 aliphatic heterocycles. The zero-order chi connectivity index (χ0) is 18.0. The van der Waals surface area contributed by atoms with Crippen molar-refractivity contribution in [2.75, 3.05) is 47.1 Å². The van der Waals surface area contributed by atoms with Crippen molar-refractivity contribution in [1.29, 1.82) is 0 Å². The molecule has 0 heterocycles. The first-order valence-corrected chi connectivity index (χ1v) is 9.45. The molecule has 0 amide bonds. The first-order chi connectivity index (χ1) is 11.4. The van der Waals surface area contributed by atoms with Crippen LogP contribution < -0.4 is 15.4 Å². The quantitative estimate of drug-likeness (QED) is 0.528. The normalized spacial score (nSPS) is 12.4. The van der Waals surface area contributed by atoms with E-state index in [-0.39, 0.29) is 4.75 Å². The second-order valence-electron chi connectivity index (χ2n) is 6.54. The van der Waals surface area contributed by atoms with E-state index in [4.69, 9.17) is 4.74 Å². The summed E-state index contributed by atoms with van der Waals surface area (Å²) in [6, 6.07) is 8.18. The van der Waals surface area contributed by atoms with Crippen LogP contribution in [0.1, 0.15) is 19.4 Å². The summed E-state index contributed by atoms with van der Waals surface area (Å²) < 4.78 is 5.96. The topological polar surface area (TPSA) is 48.9 Å². The molecule has 0 saturated carbocycles. The van der Waals surface area contributed by atoms with Crippen LogP contribution in [0.15, 0.2) is 29.3 Å². The van der Waals surface area contributed by atoms with E-state index in [1.54, 1.807) is 7.05 Å². The van der Waals surface area contributed by atoms with Gasteiger partial charge < -0.3 is 20.3 Å². The average molecular weight is 353 g/mol. The predicted molar refractivity (Wildman–Crippen MR) is 106 cm³/mol. The summed E-state index contributed by atoms with van der Waals surface area (Å²) in [7, 11) is 5.88. The Hall–Kier alpha value is -1.40. The lowest BCUT2D eigenvalue weighted by molar-refractivity contribution is 0.261. The lowest BCUT2D eigenvalue weighted by Gasteiger charge is -2.23. The van der Waals surface area contributed by atoms with E-state index in [0.29, 0.717) is 13.2 Å². The predicted octanol–water partition coefficient (Wildman–Crippen LogP) is 2.43. The maximum absolute atomic E-state index is 5.78. The summed E-state index contributed by atoms with van der Waals surface area (Å²) >= 11 is 1.84. The van der Waals surface area contributed by atoms with Crippen molar-refractivity contribution in [1.82, 2.24) is 15.5 Å². The van der Waals surface area contributed by atoms with Gasteiger partial charge in [-0.3, -0.25) is 4.99 Å². The minimum absolute atomic E-state index is 0.178. The molecule has 0 fully saturated rings. The molecule has 0 radical (unpaired) electrons. The van der Waals surface area contributed by atoms with Crippen molar-refractivity contribution >= 4 is 17.7 Å². The van der Waals surface area contributed by atoms with E-state index in [9.17, 15) is 0 Å². The number of rotatable bonds is 9. The zero-order valence-corrected chi connectivity index (χ0v) is 16.7. The largest absolute Gasteiger partial charge is 0.492 e. The minimum atomic E-state index is 0.178. The molecule has 2 N–H and O–H groups in total. The van der Waals surface area contributed by atoms with E-state index in [0.717, 1.165) is 24.8 Å². The Kier molecular flexibility index (Phi) is 9.00. The van der Waals surface area contributed by atoms with Gasteiger partial charge in [0.25, 0.3) is 0 Å². The third-order valence-corrected chi connectivity index (χ3v) is 4.87. The van der Waals surface area contributed by atoms with Crippen molar-refractivity contribution < 1.29 is 4.74 Å². The number of aliphatic imine (C=N–C) groups is 1. The second kappa shape index (κ2) is 10.5. The maximum Gasteiger partial charge on any atom is 0.191 e. The molecule has 0 atom stereocenters. The van der Waals surface area contributed by atoms with Crippen LogP contribution in [-0.4, -0.2) is 62.7 Å². The number of guanidine groups is 1. The summed E-state index contributed by atoms with van der Waals surface area (Å²) in [6.07, 6.45) is 2.12. The molecule has 1 rings (SSSR count). The van der Waals surface area contributed by atoms with E-state index in [2.05, 4.69) is 52.8 Å². The van der Waals surface area contributed by atoms with Gasteiger partial charge in [-0.25, -0.2) is 0 Å². The Bertz CT molecular complexity index is 517. The molecule has 0 saturated heterocycles. The Labute approximate surface area is 151 Å². The minimum Gasteiger partial charge on any atom is -0.492 e. The van der Waals surface area contributed by atoms with Crippen molar-refractivity contribution in [3.8, 4) is 5.75 Å². The highest BCUT2D eigenvalue weighted by Crippen LogP contribution is 2.19. The van der Waals surface area contributed by atoms with Crippen LogP contribution in [0.3, 0.4) is 0 Å². The fraction of sp³-hybridized carbons (Fsp3) is 0.611. The van der Waals surface area contributed by atoms with Crippen LogP contribution in [0.2, 0.25) is 0 Å². The summed E-state index contributed by atoms with van der Waals surface area (Å²) in [5.74, 6) is 1.72. The molecule has 0 unspecified atom stereocenters. The monoisotopic (exact) mass is 352 g/mol. The van der Waals surface area contributed by atoms with Crippen molar-refractivity contribution in [3.05, 3.63) is 29.8 Å². The smallest absolute Gasteiger partial charge is 0.191 e. The molecular weight excluding hydrogens is 320 g/mol. The number of hydrogen-bond acceptors (Lipinski definition) is 4. The van der Waals surface area contributed by atoms with Gasteiger partial charge in [0.15, 0.2) is 5.96 Å². The molecular formula is C18H32N4OS. The average Bonchev–Trinajstić information content (AvgIpc) is 2.55. The summed E-state index contributed by atoms with van der Waals surface area (Å²) in [5.41, 5.74) is 1.17. The highest BCUT2D eigenvalue weighted by atomic mass is 32.2. The molecule has 0 spiro atoms. The first kappa shape index (κ1) is 20.6. The van der Waals surface area contributed by atoms with Crippen LogP contribution >= 0.6 is 11.8 Å². The third-order valence-electron chi connectivity index (χ3n) is 3.62. The number of nitrogens with one attached hydrogen (secondary N) is 2. The first-order valence-electron chi connectivity index (χ1n) is 8.22. The number of thioether (sulfide) groups is 1. The summed E-state index contributed by atoms with van der Waals surface area (Å²) in [5, 5.41) is 6.72. The molecule has 1 aromatic carbocycles. The highest BCUT2D eigenvalue weighted by Gasteiger charge is 2.16. The van der Waals surface area contributed by atoms with Gasteiger partial charge >= 0.3 is 0 Å². The van der Waals surface area contributed by atoms with Crippen LogP contribution in [0.4, 0.5) is 0 Å². The second-order valence-corrected chi connectivity index (χ2v) is 8.06. The number of likely N-dealkylation sites (N-methyl/N-ethyl adjacent to an activating group) is 1. The van der Waals surface area contributed by atoms with Crippen LogP contribution in [0.5, 0.6) is 5.75 Å². The Morgan fingerprint density at radius 1 is 1.29 bits per heavy atom. The van der Waals surface area contributed by atoms with Crippen molar-refractivity contribution in [2.45, 2.75) is 25.1 Å². The molecule has 6 heteroatoms. The third kappa shape index (κ3) is 8.45. The van der Waals surface area contributed by atoms with E-state index in [1.165, 1.54) is 5.56 Å². The van der Waals surface area contributed by atoms with Crippen molar-refractivity contribution in [3.63, 3.8) is 0 Å². The molecule has 0 aliphatic rings. The number of nitrogens with zero attached hydrogens (tertiary/aromatic N) is 2. The summed E-state index contributed by atoms with van der Waals surface area (Å²) in [6.45, 7) is 7.60. The lowest BCUT2D eigenvalue weighted by Crippen LogP contribution is -2.42. The molecule has 5 nitrogen and oxygen atoms in total. The molecule has 1 aromatic rings.